The van der Waals surface area contributed by atoms with Gasteiger partial charge in [0.15, 0.2) is 5.65 Å². The van der Waals surface area contributed by atoms with E-state index in [1.165, 1.54) is 17.8 Å². The van der Waals surface area contributed by atoms with Gasteiger partial charge in [-0.3, -0.25) is 0 Å². The van der Waals surface area contributed by atoms with Crippen LogP contribution in [0.2, 0.25) is 0 Å². The molecule has 1 saturated heterocycles. The van der Waals surface area contributed by atoms with E-state index in [-0.39, 0.29) is 11.2 Å². The van der Waals surface area contributed by atoms with E-state index < -0.39 is 0 Å². The van der Waals surface area contributed by atoms with E-state index in [1.807, 2.05) is 23.6 Å². The van der Waals surface area contributed by atoms with Crippen molar-refractivity contribution in [3.63, 3.8) is 0 Å². The highest BCUT2D eigenvalue weighted by Gasteiger charge is 2.26. The number of fused-ring (bicyclic) bond motifs is 1. The fraction of sp³-hybridized carbons (Fsp3) is 0.333. The van der Waals surface area contributed by atoms with E-state index in [9.17, 15) is 4.39 Å². The van der Waals surface area contributed by atoms with Gasteiger partial charge in [0, 0.05) is 48.9 Å². The lowest BCUT2D eigenvalue weighted by molar-refractivity contribution is 0.565. The second-order valence-electron chi connectivity index (χ2n) is 9.76. The van der Waals surface area contributed by atoms with Gasteiger partial charge in [0.05, 0.1) is 11.4 Å². The molecular formula is C27H30FN5. The van der Waals surface area contributed by atoms with Gasteiger partial charge in [-0.15, -0.1) is 0 Å². The zero-order valence-electron chi connectivity index (χ0n) is 19.7. The second-order valence-corrected chi connectivity index (χ2v) is 9.76. The van der Waals surface area contributed by atoms with E-state index in [1.54, 1.807) is 0 Å². The first-order valence-corrected chi connectivity index (χ1v) is 11.5. The smallest absolute Gasteiger partial charge is 0.165 e. The SMILES string of the molecule is Cc1nn2c(N3CCN(c4ccccc4)CC3)cc(C(C)(C)C)nc2c1-c1ccc(F)cc1. The molecule has 6 heteroatoms. The van der Waals surface area contributed by atoms with Crippen LogP contribution in [0, 0.1) is 12.7 Å². The fourth-order valence-corrected chi connectivity index (χ4v) is 4.50. The molecule has 4 aromatic rings. The molecule has 0 bridgehead atoms. The maximum atomic E-state index is 13.6. The van der Waals surface area contributed by atoms with Crippen molar-refractivity contribution in [2.24, 2.45) is 0 Å². The van der Waals surface area contributed by atoms with Crippen molar-refractivity contribution < 1.29 is 4.39 Å². The highest BCUT2D eigenvalue weighted by atomic mass is 19.1. The topological polar surface area (TPSA) is 36.7 Å². The maximum Gasteiger partial charge on any atom is 0.165 e. The number of hydrogen-bond acceptors (Lipinski definition) is 4. The number of piperazine rings is 1. The van der Waals surface area contributed by atoms with Crippen molar-refractivity contribution in [3.05, 3.63) is 77.9 Å². The van der Waals surface area contributed by atoms with Crippen LogP contribution in [0.3, 0.4) is 0 Å². The Morgan fingerprint density at radius 1 is 0.848 bits per heavy atom. The van der Waals surface area contributed by atoms with Gasteiger partial charge < -0.3 is 9.80 Å². The molecule has 0 amide bonds. The Labute approximate surface area is 194 Å². The summed E-state index contributed by atoms with van der Waals surface area (Å²) < 4.78 is 15.6. The summed E-state index contributed by atoms with van der Waals surface area (Å²) in [6.07, 6.45) is 0. The fourth-order valence-electron chi connectivity index (χ4n) is 4.50. The maximum absolute atomic E-state index is 13.6. The minimum absolute atomic E-state index is 0.111. The number of rotatable bonds is 3. The van der Waals surface area contributed by atoms with Crippen molar-refractivity contribution >= 4 is 17.2 Å². The first kappa shape index (κ1) is 21.4. The summed E-state index contributed by atoms with van der Waals surface area (Å²) in [7, 11) is 0. The third-order valence-electron chi connectivity index (χ3n) is 6.37. The summed E-state index contributed by atoms with van der Waals surface area (Å²) in [5.74, 6) is 0.822. The van der Waals surface area contributed by atoms with Crippen LogP contribution in [0.1, 0.15) is 32.2 Å². The summed E-state index contributed by atoms with van der Waals surface area (Å²) >= 11 is 0. The Balaban J connectivity index is 1.57. The number of nitrogens with zero attached hydrogens (tertiary/aromatic N) is 5. The zero-order valence-corrected chi connectivity index (χ0v) is 19.7. The lowest BCUT2D eigenvalue weighted by Crippen LogP contribution is -2.47. The summed E-state index contributed by atoms with van der Waals surface area (Å²) in [5.41, 5.74) is 5.80. The molecule has 0 unspecified atom stereocenters. The average Bonchev–Trinajstić information content (AvgIpc) is 3.15. The third-order valence-corrected chi connectivity index (χ3v) is 6.37. The molecule has 1 fully saturated rings. The monoisotopic (exact) mass is 443 g/mol. The molecule has 0 radical (unpaired) electrons. The molecule has 0 atom stereocenters. The van der Waals surface area contributed by atoms with Crippen molar-refractivity contribution in [1.82, 2.24) is 14.6 Å². The molecule has 1 aliphatic heterocycles. The van der Waals surface area contributed by atoms with Crippen molar-refractivity contribution in [1.29, 1.82) is 0 Å². The Morgan fingerprint density at radius 3 is 2.12 bits per heavy atom. The predicted molar refractivity (Wildman–Crippen MR) is 133 cm³/mol. The number of anilines is 2. The molecule has 2 aromatic heterocycles. The number of hydrogen-bond donors (Lipinski definition) is 0. The second kappa shape index (κ2) is 8.18. The van der Waals surface area contributed by atoms with Gasteiger partial charge >= 0.3 is 0 Å². The van der Waals surface area contributed by atoms with Crippen LogP contribution in [-0.4, -0.2) is 40.8 Å². The lowest BCUT2D eigenvalue weighted by Gasteiger charge is -2.37. The van der Waals surface area contributed by atoms with E-state index in [0.29, 0.717) is 0 Å². The normalized spacial score (nSPS) is 14.8. The highest BCUT2D eigenvalue weighted by Crippen LogP contribution is 2.33. The van der Waals surface area contributed by atoms with E-state index in [0.717, 1.165) is 60.2 Å². The molecular weight excluding hydrogens is 413 g/mol. The molecule has 5 nitrogen and oxygen atoms in total. The summed E-state index contributed by atoms with van der Waals surface area (Å²) in [5, 5.41) is 4.89. The third kappa shape index (κ3) is 4.06. The van der Waals surface area contributed by atoms with Gasteiger partial charge in [-0.05, 0) is 36.8 Å². The number of halogens is 1. The van der Waals surface area contributed by atoms with Crippen LogP contribution in [0.4, 0.5) is 15.9 Å². The molecule has 5 rings (SSSR count). The summed E-state index contributed by atoms with van der Waals surface area (Å²) in [6.45, 7) is 12.3. The van der Waals surface area contributed by atoms with Crippen LogP contribution in [0.25, 0.3) is 16.8 Å². The van der Waals surface area contributed by atoms with Crippen LogP contribution < -0.4 is 9.80 Å². The molecule has 0 spiro atoms. The minimum Gasteiger partial charge on any atom is -0.368 e. The Kier molecular flexibility index (Phi) is 5.31. The van der Waals surface area contributed by atoms with Crippen LogP contribution in [-0.2, 0) is 5.41 Å². The van der Waals surface area contributed by atoms with Gasteiger partial charge in [0.2, 0.25) is 0 Å². The quantitative estimate of drug-likeness (QED) is 0.421. The molecule has 170 valence electrons. The zero-order chi connectivity index (χ0) is 23.2. The first-order valence-electron chi connectivity index (χ1n) is 11.5. The molecule has 2 aromatic carbocycles. The van der Waals surface area contributed by atoms with Crippen molar-refractivity contribution in [2.75, 3.05) is 36.0 Å². The summed E-state index contributed by atoms with van der Waals surface area (Å²) in [6, 6.07) is 19.4. The van der Waals surface area contributed by atoms with Crippen LogP contribution >= 0.6 is 0 Å². The van der Waals surface area contributed by atoms with Gasteiger partial charge in [-0.1, -0.05) is 51.1 Å². The van der Waals surface area contributed by atoms with Gasteiger partial charge in [0.1, 0.15) is 11.6 Å². The predicted octanol–water partition coefficient (Wildman–Crippen LogP) is 5.47. The molecule has 33 heavy (non-hydrogen) atoms. The first-order chi connectivity index (χ1) is 15.8. The summed E-state index contributed by atoms with van der Waals surface area (Å²) in [4.78, 5) is 9.89. The van der Waals surface area contributed by atoms with Gasteiger partial charge in [-0.2, -0.15) is 9.61 Å². The number of aromatic nitrogens is 3. The van der Waals surface area contributed by atoms with Crippen LogP contribution in [0.15, 0.2) is 60.7 Å². The van der Waals surface area contributed by atoms with E-state index in [2.05, 4.69) is 67.0 Å². The Morgan fingerprint density at radius 2 is 1.48 bits per heavy atom. The van der Waals surface area contributed by atoms with E-state index >= 15 is 0 Å². The van der Waals surface area contributed by atoms with Crippen molar-refractivity contribution in [3.8, 4) is 11.1 Å². The molecule has 1 aliphatic rings. The molecule has 0 N–H and O–H groups in total. The number of aryl methyl sites for hydroxylation is 1. The average molecular weight is 444 g/mol. The molecule has 0 saturated carbocycles. The molecule has 3 heterocycles. The van der Waals surface area contributed by atoms with Gasteiger partial charge in [-0.25, -0.2) is 9.37 Å². The van der Waals surface area contributed by atoms with Gasteiger partial charge in [0.25, 0.3) is 0 Å². The van der Waals surface area contributed by atoms with Crippen molar-refractivity contribution in [2.45, 2.75) is 33.1 Å². The largest absolute Gasteiger partial charge is 0.368 e. The Hall–Kier alpha value is -3.41. The van der Waals surface area contributed by atoms with Crippen LogP contribution in [0.5, 0.6) is 0 Å². The molecule has 0 aliphatic carbocycles. The van der Waals surface area contributed by atoms with E-state index in [4.69, 9.17) is 10.1 Å². The minimum atomic E-state index is -0.242. The standard InChI is InChI=1S/C27H30FN5/c1-19-25(20-10-12-21(28)13-11-20)26-29-23(27(2,3)4)18-24(33(26)30-19)32-16-14-31(15-17-32)22-8-6-5-7-9-22/h5-13,18H,14-17H2,1-4H3. The lowest BCUT2D eigenvalue weighted by atomic mass is 9.91. The number of benzene rings is 2. The Bertz CT molecular complexity index is 1260. The highest BCUT2D eigenvalue weighted by molar-refractivity contribution is 5.81. The number of para-hydroxylation sites is 1.